The molecule has 1 saturated heterocycles. The van der Waals surface area contributed by atoms with E-state index >= 15 is 0 Å². The molecule has 116 valence electrons. The number of nitrogens with zero attached hydrogens (tertiary/aromatic N) is 2. The number of amides is 1. The molecule has 1 aliphatic heterocycles. The largest absolute Gasteiger partial charge is 0.376 e. The number of carbonyl (C=O) groups is 1. The van der Waals surface area contributed by atoms with Crippen LogP contribution >= 0.6 is 11.3 Å². The lowest BCUT2D eigenvalue weighted by molar-refractivity contribution is 0.0920. The molecule has 2 aromatic rings. The zero-order chi connectivity index (χ0) is 15.4. The van der Waals surface area contributed by atoms with Crippen LogP contribution in [-0.2, 0) is 11.2 Å². The molecule has 1 unspecified atom stereocenters. The maximum absolute atomic E-state index is 13.0. The van der Waals surface area contributed by atoms with Crippen molar-refractivity contribution in [1.29, 1.82) is 0 Å². The molecule has 2 aromatic heterocycles. The van der Waals surface area contributed by atoms with E-state index in [9.17, 15) is 4.79 Å². The van der Waals surface area contributed by atoms with Gasteiger partial charge in [0.15, 0.2) is 0 Å². The summed E-state index contributed by atoms with van der Waals surface area (Å²) >= 11 is 1.52. The fraction of sp³-hybridized carbons (Fsp3) is 0.412. The van der Waals surface area contributed by atoms with E-state index in [1.807, 2.05) is 28.5 Å². The van der Waals surface area contributed by atoms with Crippen LogP contribution in [0, 0.1) is 0 Å². The predicted octanol–water partition coefficient (Wildman–Crippen LogP) is 3.53. The lowest BCUT2D eigenvalue weighted by atomic mass is 10.1. The van der Waals surface area contributed by atoms with Gasteiger partial charge in [0.1, 0.15) is 0 Å². The number of thiophene rings is 1. The normalized spacial score (nSPS) is 17.6. The van der Waals surface area contributed by atoms with Gasteiger partial charge in [-0.25, -0.2) is 0 Å². The average molecular weight is 316 g/mol. The monoisotopic (exact) mass is 316 g/mol. The van der Waals surface area contributed by atoms with Crippen molar-refractivity contribution < 1.29 is 9.53 Å². The van der Waals surface area contributed by atoms with Crippen molar-refractivity contribution in [2.24, 2.45) is 0 Å². The van der Waals surface area contributed by atoms with Crippen LogP contribution in [0.5, 0.6) is 0 Å². The standard InChI is InChI=1S/C17H20N2O2S/c1-2-13-7-11-22-16(13)17(20)19(12-15-4-3-10-21-15)14-5-8-18-9-6-14/h5-9,11,15H,2-4,10,12H2,1H3. The minimum absolute atomic E-state index is 0.0635. The average Bonchev–Trinajstić information content (AvgIpc) is 3.24. The molecule has 4 nitrogen and oxygen atoms in total. The van der Waals surface area contributed by atoms with E-state index in [4.69, 9.17) is 4.74 Å². The summed E-state index contributed by atoms with van der Waals surface area (Å²) < 4.78 is 5.72. The molecule has 0 saturated carbocycles. The molecule has 1 fully saturated rings. The molecule has 3 rings (SSSR count). The van der Waals surface area contributed by atoms with Crippen molar-refractivity contribution in [3.8, 4) is 0 Å². The maximum atomic E-state index is 13.0. The molecule has 0 bridgehead atoms. The van der Waals surface area contributed by atoms with Crippen LogP contribution in [0.2, 0.25) is 0 Å². The van der Waals surface area contributed by atoms with E-state index < -0.39 is 0 Å². The van der Waals surface area contributed by atoms with Gasteiger partial charge in [0.05, 0.1) is 17.5 Å². The molecule has 1 aliphatic rings. The Balaban J connectivity index is 1.88. The Hall–Kier alpha value is -1.72. The molecule has 0 spiro atoms. The molecule has 0 aliphatic carbocycles. The molecule has 0 N–H and O–H groups in total. The molecule has 1 atom stereocenters. The van der Waals surface area contributed by atoms with E-state index in [0.29, 0.717) is 6.54 Å². The van der Waals surface area contributed by atoms with Crippen LogP contribution in [0.25, 0.3) is 0 Å². The van der Waals surface area contributed by atoms with Gasteiger partial charge in [0.25, 0.3) is 5.91 Å². The summed E-state index contributed by atoms with van der Waals surface area (Å²) in [5.74, 6) is 0.0635. The SMILES string of the molecule is CCc1ccsc1C(=O)N(CC1CCCO1)c1ccncc1. The van der Waals surface area contributed by atoms with Crippen LogP contribution in [0.1, 0.15) is 35.0 Å². The van der Waals surface area contributed by atoms with Gasteiger partial charge in [0, 0.05) is 24.7 Å². The molecule has 0 radical (unpaired) electrons. The Bertz CT molecular complexity index is 621. The fourth-order valence-corrected chi connectivity index (χ4v) is 3.69. The van der Waals surface area contributed by atoms with Crippen LogP contribution in [0.3, 0.4) is 0 Å². The first-order valence-corrected chi connectivity index (χ1v) is 8.57. The lowest BCUT2D eigenvalue weighted by Crippen LogP contribution is -2.37. The highest BCUT2D eigenvalue weighted by Crippen LogP contribution is 2.25. The lowest BCUT2D eigenvalue weighted by Gasteiger charge is -2.25. The second-order valence-corrected chi connectivity index (χ2v) is 6.30. The molecule has 1 amide bonds. The number of aromatic nitrogens is 1. The number of anilines is 1. The number of ether oxygens (including phenoxy) is 1. The number of rotatable bonds is 5. The van der Waals surface area contributed by atoms with Crippen molar-refractivity contribution in [3.63, 3.8) is 0 Å². The quantitative estimate of drug-likeness (QED) is 0.847. The molecule has 22 heavy (non-hydrogen) atoms. The molecular formula is C17H20N2O2S. The first-order chi connectivity index (χ1) is 10.8. The topological polar surface area (TPSA) is 42.4 Å². The summed E-state index contributed by atoms with van der Waals surface area (Å²) in [4.78, 5) is 19.7. The minimum Gasteiger partial charge on any atom is -0.376 e. The van der Waals surface area contributed by atoms with E-state index in [1.165, 1.54) is 11.3 Å². The van der Waals surface area contributed by atoms with E-state index in [2.05, 4.69) is 11.9 Å². The maximum Gasteiger partial charge on any atom is 0.268 e. The van der Waals surface area contributed by atoms with E-state index in [0.717, 1.165) is 42.0 Å². The van der Waals surface area contributed by atoms with Crippen molar-refractivity contribution in [1.82, 2.24) is 4.98 Å². The summed E-state index contributed by atoms with van der Waals surface area (Å²) in [6.45, 7) is 3.47. The summed E-state index contributed by atoms with van der Waals surface area (Å²) in [7, 11) is 0. The first-order valence-electron chi connectivity index (χ1n) is 7.69. The number of hydrogen-bond acceptors (Lipinski definition) is 4. The van der Waals surface area contributed by atoms with Gasteiger partial charge in [-0.3, -0.25) is 9.78 Å². The van der Waals surface area contributed by atoms with Crippen molar-refractivity contribution in [2.45, 2.75) is 32.3 Å². The van der Waals surface area contributed by atoms with Gasteiger partial charge in [0.2, 0.25) is 0 Å². The summed E-state index contributed by atoms with van der Waals surface area (Å²) in [5.41, 5.74) is 1.99. The predicted molar refractivity (Wildman–Crippen MR) is 88.6 cm³/mol. The highest BCUT2D eigenvalue weighted by Gasteiger charge is 2.26. The Morgan fingerprint density at radius 2 is 2.23 bits per heavy atom. The smallest absolute Gasteiger partial charge is 0.268 e. The van der Waals surface area contributed by atoms with E-state index in [-0.39, 0.29) is 12.0 Å². The number of hydrogen-bond donors (Lipinski definition) is 0. The summed E-state index contributed by atoms with van der Waals surface area (Å²) in [5, 5.41) is 1.99. The number of aryl methyl sites for hydroxylation is 1. The third-order valence-electron chi connectivity index (χ3n) is 3.95. The summed E-state index contributed by atoms with van der Waals surface area (Å²) in [6, 6.07) is 5.80. The third kappa shape index (κ3) is 3.20. The van der Waals surface area contributed by atoms with Gasteiger partial charge in [-0.2, -0.15) is 0 Å². The highest BCUT2D eigenvalue weighted by molar-refractivity contribution is 7.12. The minimum atomic E-state index is 0.0635. The van der Waals surface area contributed by atoms with E-state index in [1.54, 1.807) is 12.4 Å². The number of pyridine rings is 1. The second kappa shape index (κ2) is 7.03. The zero-order valence-corrected chi connectivity index (χ0v) is 13.5. The Morgan fingerprint density at radius 3 is 2.91 bits per heavy atom. The fourth-order valence-electron chi connectivity index (χ4n) is 2.75. The third-order valence-corrected chi connectivity index (χ3v) is 4.90. The number of carbonyl (C=O) groups excluding carboxylic acids is 1. The van der Waals surface area contributed by atoms with Crippen LogP contribution < -0.4 is 4.90 Å². The Morgan fingerprint density at radius 1 is 1.41 bits per heavy atom. The van der Waals surface area contributed by atoms with Gasteiger partial charge in [-0.05, 0) is 48.4 Å². The Labute approximate surface area is 134 Å². The molecular weight excluding hydrogens is 296 g/mol. The van der Waals surface area contributed by atoms with Crippen LogP contribution in [-0.4, -0.2) is 30.1 Å². The van der Waals surface area contributed by atoms with Crippen molar-refractivity contribution in [3.05, 3.63) is 46.4 Å². The van der Waals surface area contributed by atoms with Crippen LogP contribution in [0.15, 0.2) is 36.0 Å². The highest BCUT2D eigenvalue weighted by atomic mass is 32.1. The summed E-state index contributed by atoms with van der Waals surface area (Å²) in [6.07, 6.45) is 6.53. The molecule has 3 heterocycles. The second-order valence-electron chi connectivity index (χ2n) is 5.38. The first kappa shape index (κ1) is 15.2. The van der Waals surface area contributed by atoms with Gasteiger partial charge < -0.3 is 9.64 Å². The van der Waals surface area contributed by atoms with Crippen molar-refractivity contribution in [2.75, 3.05) is 18.1 Å². The Kier molecular flexibility index (Phi) is 4.85. The zero-order valence-electron chi connectivity index (χ0n) is 12.7. The van der Waals surface area contributed by atoms with Crippen molar-refractivity contribution >= 4 is 22.9 Å². The van der Waals surface area contributed by atoms with Crippen LogP contribution in [0.4, 0.5) is 5.69 Å². The molecule has 5 heteroatoms. The van der Waals surface area contributed by atoms with Gasteiger partial charge >= 0.3 is 0 Å². The van der Waals surface area contributed by atoms with Gasteiger partial charge in [-0.1, -0.05) is 6.92 Å². The van der Waals surface area contributed by atoms with Gasteiger partial charge in [-0.15, -0.1) is 11.3 Å². The molecule has 0 aromatic carbocycles.